The Morgan fingerprint density at radius 1 is 1.29 bits per heavy atom. The third kappa shape index (κ3) is 4.06. The van der Waals surface area contributed by atoms with Gasteiger partial charge in [-0.3, -0.25) is 4.79 Å². The predicted octanol–water partition coefficient (Wildman–Crippen LogP) is 2.93. The van der Waals surface area contributed by atoms with Crippen LogP contribution in [0.3, 0.4) is 0 Å². The van der Waals surface area contributed by atoms with E-state index >= 15 is 0 Å². The summed E-state index contributed by atoms with van der Waals surface area (Å²) in [7, 11) is 1.53. The van der Waals surface area contributed by atoms with Gasteiger partial charge in [0.25, 0.3) is 5.91 Å². The van der Waals surface area contributed by atoms with Crippen molar-refractivity contribution < 1.29 is 14.6 Å². The van der Waals surface area contributed by atoms with Crippen molar-refractivity contribution in [2.45, 2.75) is 0 Å². The molecule has 2 rings (SSSR count). The Balaban J connectivity index is 2.05. The summed E-state index contributed by atoms with van der Waals surface area (Å²) >= 11 is 3.30. The van der Waals surface area contributed by atoms with Gasteiger partial charge in [0.2, 0.25) is 0 Å². The number of hydrogen-bond acceptors (Lipinski definition) is 4. The number of hydrazone groups is 1. The van der Waals surface area contributed by atoms with Crippen molar-refractivity contribution in [2.75, 3.05) is 7.11 Å². The molecule has 0 aliphatic heterocycles. The molecule has 2 aromatic rings. The number of amides is 1. The van der Waals surface area contributed by atoms with Crippen LogP contribution in [0.4, 0.5) is 0 Å². The average Bonchev–Trinajstić information content (AvgIpc) is 2.49. The molecule has 0 aliphatic carbocycles. The molecule has 0 aliphatic rings. The Morgan fingerprint density at radius 2 is 2.00 bits per heavy atom. The number of aromatic hydroxyl groups is 1. The van der Waals surface area contributed by atoms with Gasteiger partial charge in [-0.2, -0.15) is 5.10 Å². The minimum absolute atomic E-state index is 0.0532. The van der Waals surface area contributed by atoms with Crippen molar-refractivity contribution in [2.24, 2.45) is 5.10 Å². The molecule has 2 N–H and O–H groups in total. The molecule has 21 heavy (non-hydrogen) atoms. The van der Waals surface area contributed by atoms with E-state index < -0.39 is 0 Å². The highest BCUT2D eigenvalue weighted by molar-refractivity contribution is 9.10. The fourth-order valence-corrected chi connectivity index (χ4v) is 1.85. The van der Waals surface area contributed by atoms with E-state index in [4.69, 9.17) is 4.74 Å². The van der Waals surface area contributed by atoms with Gasteiger partial charge in [0.05, 0.1) is 13.3 Å². The van der Waals surface area contributed by atoms with Crippen molar-refractivity contribution >= 4 is 28.1 Å². The van der Waals surface area contributed by atoms with Gasteiger partial charge in [-0.05, 0) is 42.5 Å². The third-order valence-electron chi connectivity index (χ3n) is 2.71. The quantitative estimate of drug-likeness (QED) is 0.659. The topological polar surface area (TPSA) is 70.9 Å². The molecule has 0 bridgehead atoms. The minimum atomic E-state index is -0.332. The van der Waals surface area contributed by atoms with Crippen molar-refractivity contribution in [3.05, 3.63) is 58.1 Å². The highest BCUT2D eigenvalue weighted by Gasteiger charge is 2.04. The van der Waals surface area contributed by atoms with Crippen LogP contribution in [0, 0.1) is 0 Å². The van der Waals surface area contributed by atoms with Gasteiger partial charge in [0.1, 0.15) is 11.5 Å². The molecule has 108 valence electrons. The number of benzene rings is 2. The van der Waals surface area contributed by atoms with Crippen molar-refractivity contribution in [1.29, 1.82) is 0 Å². The molecule has 0 aromatic heterocycles. The number of halogens is 1. The van der Waals surface area contributed by atoms with Gasteiger partial charge >= 0.3 is 0 Å². The van der Waals surface area contributed by atoms with E-state index in [0.29, 0.717) is 16.9 Å². The van der Waals surface area contributed by atoms with E-state index in [2.05, 4.69) is 26.5 Å². The summed E-state index contributed by atoms with van der Waals surface area (Å²) in [5, 5.41) is 13.5. The maximum Gasteiger partial charge on any atom is 0.271 e. The average molecular weight is 349 g/mol. The maximum atomic E-state index is 11.8. The number of hydrogen-bond donors (Lipinski definition) is 2. The first-order chi connectivity index (χ1) is 10.1. The van der Waals surface area contributed by atoms with Gasteiger partial charge in [-0.15, -0.1) is 0 Å². The summed E-state index contributed by atoms with van der Waals surface area (Å²) < 4.78 is 5.95. The van der Waals surface area contributed by atoms with E-state index in [-0.39, 0.29) is 11.7 Å². The molecule has 0 saturated heterocycles. The van der Waals surface area contributed by atoms with Crippen LogP contribution in [-0.4, -0.2) is 24.3 Å². The second kappa shape index (κ2) is 6.90. The normalized spacial score (nSPS) is 10.6. The number of methoxy groups -OCH3 is 1. The lowest BCUT2D eigenvalue weighted by molar-refractivity contribution is 0.0955. The highest BCUT2D eigenvalue weighted by Crippen LogP contribution is 2.20. The number of ether oxygens (including phenoxy) is 1. The highest BCUT2D eigenvalue weighted by atomic mass is 79.9. The molecule has 2 aromatic carbocycles. The SMILES string of the molecule is COc1ccc(O)c(/C=N\NC(=O)c2ccc(Br)cc2)c1. The van der Waals surface area contributed by atoms with Crippen LogP contribution in [-0.2, 0) is 0 Å². The van der Waals surface area contributed by atoms with Crippen LogP contribution in [0.15, 0.2) is 52.0 Å². The van der Waals surface area contributed by atoms with Crippen molar-refractivity contribution in [3.8, 4) is 11.5 Å². The molecule has 0 atom stereocenters. The Morgan fingerprint density at radius 3 is 2.67 bits per heavy atom. The van der Waals surface area contributed by atoms with Crippen LogP contribution in [0.25, 0.3) is 0 Å². The monoisotopic (exact) mass is 348 g/mol. The second-order valence-corrected chi connectivity index (χ2v) is 5.05. The first-order valence-corrected chi connectivity index (χ1v) is 6.85. The number of phenols is 1. The number of carbonyl (C=O) groups is 1. The summed E-state index contributed by atoms with van der Waals surface area (Å²) in [6.45, 7) is 0. The minimum Gasteiger partial charge on any atom is -0.507 e. The van der Waals surface area contributed by atoms with Crippen LogP contribution >= 0.6 is 15.9 Å². The third-order valence-corrected chi connectivity index (χ3v) is 3.24. The maximum absolute atomic E-state index is 11.8. The second-order valence-electron chi connectivity index (χ2n) is 4.13. The fourth-order valence-electron chi connectivity index (χ4n) is 1.59. The van der Waals surface area contributed by atoms with Crippen LogP contribution in [0.5, 0.6) is 11.5 Å². The predicted molar refractivity (Wildman–Crippen MR) is 83.9 cm³/mol. The number of nitrogens with one attached hydrogen (secondary N) is 1. The fraction of sp³-hybridized carbons (Fsp3) is 0.0667. The van der Waals surface area contributed by atoms with Gasteiger partial charge in [-0.1, -0.05) is 15.9 Å². The smallest absolute Gasteiger partial charge is 0.271 e. The van der Waals surface area contributed by atoms with Crippen LogP contribution in [0.1, 0.15) is 15.9 Å². The Labute approximate surface area is 130 Å². The Bertz CT molecular complexity index is 669. The van der Waals surface area contributed by atoms with Crippen molar-refractivity contribution in [1.82, 2.24) is 5.43 Å². The summed E-state index contributed by atoms with van der Waals surface area (Å²) in [6, 6.07) is 11.6. The molecule has 0 heterocycles. The zero-order chi connectivity index (χ0) is 15.2. The number of nitrogens with zero attached hydrogens (tertiary/aromatic N) is 1. The molecule has 1 amide bonds. The van der Waals surface area contributed by atoms with E-state index in [9.17, 15) is 9.90 Å². The number of rotatable bonds is 4. The summed E-state index contributed by atoms with van der Waals surface area (Å²) in [4.78, 5) is 11.8. The molecule has 0 fully saturated rings. The van der Waals surface area contributed by atoms with Crippen LogP contribution < -0.4 is 10.2 Å². The van der Waals surface area contributed by atoms with E-state index in [0.717, 1.165) is 4.47 Å². The Kier molecular flexibility index (Phi) is 4.94. The largest absolute Gasteiger partial charge is 0.507 e. The Hall–Kier alpha value is -2.34. The molecule has 0 spiro atoms. The molecule has 0 unspecified atom stereocenters. The van der Waals surface area contributed by atoms with E-state index in [1.54, 1.807) is 36.4 Å². The molecule has 6 heteroatoms. The summed E-state index contributed by atoms with van der Waals surface area (Å²) in [5.74, 6) is 0.312. The van der Waals surface area contributed by atoms with Crippen molar-refractivity contribution in [3.63, 3.8) is 0 Å². The lowest BCUT2D eigenvalue weighted by Crippen LogP contribution is -2.17. The van der Waals surface area contributed by atoms with Gasteiger partial charge in [0.15, 0.2) is 0 Å². The van der Waals surface area contributed by atoms with E-state index in [1.165, 1.54) is 19.4 Å². The van der Waals surface area contributed by atoms with E-state index in [1.807, 2.05) is 0 Å². The van der Waals surface area contributed by atoms with Gasteiger partial charge in [-0.25, -0.2) is 5.43 Å². The van der Waals surface area contributed by atoms with Gasteiger partial charge < -0.3 is 9.84 Å². The number of phenolic OH excluding ortho intramolecular Hbond substituents is 1. The molecular formula is C15H13BrN2O3. The lowest BCUT2D eigenvalue weighted by atomic mass is 10.2. The standard InChI is InChI=1S/C15H13BrN2O3/c1-21-13-6-7-14(19)11(8-13)9-17-18-15(20)10-2-4-12(16)5-3-10/h2-9,19H,1H3,(H,18,20)/b17-9-. The lowest BCUT2D eigenvalue weighted by Gasteiger charge is -2.03. The zero-order valence-corrected chi connectivity index (χ0v) is 12.8. The summed E-state index contributed by atoms with van der Waals surface area (Å²) in [6.07, 6.45) is 1.36. The first kappa shape index (κ1) is 15.1. The molecular weight excluding hydrogens is 336 g/mol. The number of carbonyl (C=O) groups excluding carboxylic acids is 1. The summed E-state index contributed by atoms with van der Waals surface area (Å²) in [5.41, 5.74) is 3.34. The molecule has 0 saturated carbocycles. The van der Waals surface area contributed by atoms with Crippen LogP contribution in [0.2, 0.25) is 0 Å². The zero-order valence-electron chi connectivity index (χ0n) is 11.2. The van der Waals surface area contributed by atoms with Gasteiger partial charge in [0, 0.05) is 15.6 Å². The first-order valence-electron chi connectivity index (χ1n) is 6.06. The molecule has 0 radical (unpaired) electrons. The molecule has 5 nitrogen and oxygen atoms in total.